The zero-order chi connectivity index (χ0) is 13.0. The molecule has 0 saturated carbocycles. The average Bonchev–Trinajstić information content (AvgIpc) is 2.27. The number of ether oxygens (including phenoxy) is 1. The Morgan fingerprint density at radius 1 is 1.53 bits per heavy atom. The predicted octanol–water partition coefficient (Wildman–Crippen LogP) is 0.985. The first-order valence-electron chi connectivity index (χ1n) is 4.91. The van der Waals surface area contributed by atoms with Gasteiger partial charge in [-0.05, 0) is 19.9 Å². The van der Waals surface area contributed by atoms with Crippen molar-refractivity contribution in [3.05, 3.63) is 33.9 Å². The third-order valence-electron chi connectivity index (χ3n) is 1.91. The Balaban J connectivity index is 3.21. The Hall–Kier alpha value is -2.15. The van der Waals surface area contributed by atoms with Crippen molar-refractivity contribution in [3.63, 3.8) is 0 Å². The maximum Gasteiger partial charge on any atom is 0.270 e. The highest BCUT2D eigenvalue weighted by Gasteiger charge is 2.17. The van der Waals surface area contributed by atoms with Gasteiger partial charge in [-0.3, -0.25) is 20.3 Å². The summed E-state index contributed by atoms with van der Waals surface area (Å²) in [7, 11) is 0. The molecule has 0 spiro atoms. The summed E-state index contributed by atoms with van der Waals surface area (Å²) >= 11 is 0. The summed E-state index contributed by atoms with van der Waals surface area (Å²) in [5, 5.41) is 10.6. The molecule has 0 aliphatic heterocycles. The van der Waals surface area contributed by atoms with Crippen molar-refractivity contribution in [2.45, 2.75) is 20.0 Å². The van der Waals surface area contributed by atoms with E-state index in [1.165, 1.54) is 12.1 Å². The number of non-ortho nitro benzene ring substituents is 1. The number of nitrogens with two attached hydrogens (primary N) is 1. The smallest absolute Gasteiger partial charge is 0.270 e. The third-order valence-corrected chi connectivity index (χ3v) is 1.91. The van der Waals surface area contributed by atoms with Gasteiger partial charge in [-0.25, -0.2) is 5.84 Å². The molecule has 0 bridgehead atoms. The number of benzene rings is 1. The Labute approximate surface area is 97.7 Å². The van der Waals surface area contributed by atoms with Gasteiger partial charge >= 0.3 is 0 Å². The molecule has 7 nitrogen and oxygen atoms in total. The zero-order valence-corrected chi connectivity index (χ0v) is 9.47. The summed E-state index contributed by atoms with van der Waals surface area (Å²) in [5.41, 5.74) is 1.76. The normalized spacial score (nSPS) is 10.1. The molecule has 1 aromatic rings. The number of nitro benzene ring substituents is 1. The number of rotatable bonds is 4. The van der Waals surface area contributed by atoms with Gasteiger partial charge in [0.25, 0.3) is 11.6 Å². The summed E-state index contributed by atoms with van der Waals surface area (Å²) in [6.45, 7) is 3.57. The van der Waals surface area contributed by atoms with Crippen LogP contribution in [0.4, 0.5) is 5.69 Å². The minimum atomic E-state index is -0.635. The second kappa shape index (κ2) is 5.26. The summed E-state index contributed by atoms with van der Waals surface area (Å²) in [6, 6.07) is 3.77. The summed E-state index contributed by atoms with van der Waals surface area (Å²) in [4.78, 5) is 21.5. The monoisotopic (exact) mass is 239 g/mol. The Morgan fingerprint density at radius 2 is 2.18 bits per heavy atom. The van der Waals surface area contributed by atoms with Crippen LogP contribution in [0.1, 0.15) is 24.2 Å². The van der Waals surface area contributed by atoms with Gasteiger partial charge in [0.15, 0.2) is 0 Å². The number of amides is 1. The van der Waals surface area contributed by atoms with E-state index in [9.17, 15) is 14.9 Å². The van der Waals surface area contributed by atoms with Gasteiger partial charge in [0, 0.05) is 12.1 Å². The van der Waals surface area contributed by atoms with Gasteiger partial charge in [-0.2, -0.15) is 0 Å². The number of nitrogen functional groups attached to an aromatic ring is 1. The summed E-state index contributed by atoms with van der Waals surface area (Å²) in [6.07, 6.45) is -0.152. The highest BCUT2D eigenvalue weighted by atomic mass is 16.6. The van der Waals surface area contributed by atoms with Crippen LogP contribution in [0, 0.1) is 10.1 Å². The molecule has 7 heteroatoms. The number of nitrogens with one attached hydrogen (secondary N) is 1. The molecule has 0 aliphatic rings. The van der Waals surface area contributed by atoms with Crippen molar-refractivity contribution >= 4 is 11.6 Å². The molecular weight excluding hydrogens is 226 g/mol. The number of hydrogen-bond acceptors (Lipinski definition) is 5. The third kappa shape index (κ3) is 3.15. The fraction of sp³-hybridized carbons (Fsp3) is 0.300. The number of hydrazine groups is 1. The Kier molecular flexibility index (Phi) is 4.00. The highest BCUT2D eigenvalue weighted by Crippen LogP contribution is 2.24. The van der Waals surface area contributed by atoms with Gasteiger partial charge in [-0.1, -0.05) is 0 Å². The number of hydrogen-bond donors (Lipinski definition) is 2. The lowest BCUT2D eigenvalue weighted by Crippen LogP contribution is -2.30. The van der Waals surface area contributed by atoms with Crippen LogP contribution in [0.25, 0.3) is 0 Å². The minimum Gasteiger partial charge on any atom is -0.490 e. The van der Waals surface area contributed by atoms with E-state index in [0.29, 0.717) is 0 Å². The van der Waals surface area contributed by atoms with Crippen LogP contribution in [0.5, 0.6) is 5.75 Å². The van der Waals surface area contributed by atoms with Crippen molar-refractivity contribution in [1.82, 2.24) is 5.43 Å². The van der Waals surface area contributed by atoms with Crippen LogP contribution in [0.3, 0.4) is 0 Å². The molecule has 0 fully saturated rings. The number of nitrogens with zero attached hydrogens (tertiary/aromatic N) is 1. The molecule has 0 aromatic heterocycles. The fourth-order valence-electron chi connectivity index (χ4n) is 1.24. The van der Waals surface area contributed by atoms with Crippen LogP contribution in [0.2, 0.25) is 0 Å². The fourth-order valence-corrected chi connectivity index (χ4v) is 1.24. The van der Waals surface area contributed by atoms with Crippen LogP contribution in [0.15, 0.2) is 18.2 Å². The van der Waals surface area contributed by atoms with Crippen molar-refractivity contribution in [2.75, 3.05) is 0 Å². The zero-order valence-electron chi connectivity index (χ0n) is 9.47. The van der Waals surface area contributed by atoms with E-state index in [2.05, 4.69) is 0 Å². The van der Waals surface area contributed by atoms with Gasteiger partial charge in [0.2, 0.25) is 0 Å². The molecule has 1 aromatic carbocycles. The topological polar surface area (TPSA) is 107 Å². The molecule has 3 N–H and O–H groups in total. The van der Waals surface area contributed by atoms with Gasteiger partial charge < -0.3 is 4.74 Å². The van der Waals surface area contributed by atoms with Gasteiger partial charge in [-0.15, -0.1) is 0 Å². The number of carbonyl (C=O) groups excluding carboxylic acids is 1. The second-order valence-corrected chi connectivity index (χ2v) is 3.58. The molecule has 17 heavy (non-hydrogen) atoms. The molecule has 0 radical (unpaired) electrons. The number of carbonyl (C=O) groups is 1. The van der Waals surface area contributed by atoms with E-state index in [-0.39, 0.29) is 23.1 Å². The standard InChI is InChI=1S/C10H13N3O4/c1-6(2)17-9-4-3-7(13(15)16)5-8(9)10(14)12-11/h3-6H,11H2,1-2H3,(H,12,14). The molecule has 1 amide bonds. The lowest BCUT2D eigenvalue weighted by atomic mass is 10.1. The predicted molar refractivity (Wildman–Crippen MR) is 60.5 cm³/mol. The minimum absolute atomic E-state index is 0.0374. The van der Waals surface area contributed by atoms with Crippen LogP contribution in [-0.2, 0) is 0 Å². The van der Waals surface area contributed by atoms with Crippen molar-refractivity contribution in [2.24, 2.45) is 5.84 Å². The summed E-state index contributed by atoms with van der Waals surface area (Å²) in [5.74, 6) is 4.63. The van der Waals surface area contributed by atoms with E-state index in [1.54, 1.807) is 13.8 Å². The first-order valence-corrected chi connectivity index (χ1v) is 4.91. The van der Waals surface area contributed by atoms with E-state index in [4.69, 9.17) is 10.6 Å². The van der Waals surface area contributed by atoms with Crippen LogP contribution in [-0.4, -0.2) is 16.9 Å². The van der Waals surface area contributed by atoms with Crippen LogP contribution < -0.4 is 16.0 Å². The first kappa shape index (κ1) is 12.9. The largest absolute Gasteiger partial charge is 0.490 e. The van der Waals surface area contributed by atoms with Gasteiger partial charge in [0.1, 0.15) is 5.75 Å². The molecule has 0 saturated heterocycles. The van der Waals surface area contributed by atoms with Crippen molar-refractivity contribution < 1.29 is 14.5 Å². The SMILES string of the molecule is CC(C)Oc1ccc([N+](=O)[O-])cc1C(=O)NN. The lowest BCUT2D eigenvalue weighted by Gasteiger charge is -2.12. The Morgan fingerprint density at radius 3 is 2.65 bits per heavy atom. The molecule has 0 heterocycles. The average molecular weight is 239 g/mol. The number of nitro groups is 1. The van der Waals surface area contributed by atoms with E-state index >= 15 is 0 Å². The highest BCUT2D eigenvalue weighted by molar-refractivity contribution is 5.97. The summed E-state index contributed by atoms with van der Waals surface area (Å²) < 4.78 is 5.36. The van der Waals surface area contributed by atoms with Crippen molar-refractivity contribution in [1.29, 1.82) is 0 Å². The quantitative estimate of drug-likeness (QED) is 0.352. The van der Waals surface area contributed by atoms with Crippen molar-refractivity contribution in [3.8, 4) is 5.75 Å². The van der Waals surface area contributed by atoms with E-state index in [1.807, 2.05) is 5.43 Å². The molecular formula is C10H13N3O4. The maximum atomic E-state index is 11.5. The maximum absolute atomic E-state index is 11.5. The molecule has 0 atom stereocenters. The van der Waals surface area contributed by atoms with E-state index < -0.39 is 10.8 Å². The second-order valence-electron chi connectivity index (χ2n) is 3.58. The van der Waals surface area contributed by atoms with E-state index in [0.717, 1.165) is 6.07 Å². The van der Waals surface area contributed by atoms with Crippen LogP contribution >= 0.6 is 0 Å². The van der Waals surface area contributed by atoms with Gasteiger partial charge in [0.05, 0.1) is 16.6 Å². The molecule has 92 valence electrons. The molecule has 0 aliphatic carbocycles. The Bertz CT molecular complexity index is 445. The molecule has 1 rings (SSSR count). The molecule has 0 unspecified atom stereocenters. The lowest BCUT2D eigenvalue weighted by molar-refractivity contribution is -0.384. The first-order chi connectivity index (χ1) is 7.95.